The van der Waals surface area contributed by atoms with Gasteiger partial charge in [-0.05, 0) is 17.7 Å². The Balaban J connectivity index is 1.60. The van der Waals surface area contributed by atoms with Gasteiger partial charge in [0.15, 0.2) is 0 Å². The lowest BCUT2D eigenvalue weighted by atomic mass is 9.77. The molecule has 2 aromatic rings. The molecule has 196 valence electrons. The number of benzene rings is 1. The van der Waals surface area contributed by atoms with Crippen LogP contribution in [0.5, 0.6) is 0 Å². The van der Waals surface area contributed by atoms with E-state index in [0.717, 1.165) is 10.5 Å². The summed E-state index contributed by atoms with van der Waals surface area (Å²) in [6.07, 6.45) is 1.80. The largest absolute Gasteiger partial charge is 0.376 e. The van der Waals surface area contributed by atoms with E-state index in [9.17, 15) is 19.2 Å². The summed E-state index contributed by atoms with van der Waals surface area (Å²) in [6.45, 7) is 3.89. The van der Waals surface area contributed by atoms with Crippen molar-refractivity contribution in [2.45, 2.75) is 32.4 Å². The zero-order valence-corrected chi connectivity index (χ0v) is 21.4. The topological polar surface area (TPSA) is 126 Å². The Morgan fingerprint density at radius 3 is 2.46 bits per heavy atom. The summed E-state index contributed by atoms with van der Waals surface area (Å²) in [5.41, 5.74) is 4.80. The average molecular weight is 508 g/mol. The molecule has 5 amide bonds. The second-order valence-electron chi connectivity index (χ2n) is 10.2. The molecule has 2 aliphatic rings. The van der Waals surface area contributed by atoms with Crippen LogP contribution in [-0.4, -0.2) is 82.3 Å². The van der Waals surface area contributed by atoms with Gasteiger partial charge in [0.1, 0.15) is 5.54 Å². The van der Waals surface area contributed by atoms with Gasteiger partial charge in [0.05, 0.1) is 31.1 Å². The van der Waals surface area contributed by atoms with Gasteiger partial charge in [-0.1, -0.05) is 50.2 Å². The number of likely N-dealkylation sites (N-methyl/N-ethyl adjacent to an activating group) is 1. The maximum atomic E-state index is 13.9. The molecule has 0 bridgehead atoms. The van der Waals surface area contributed by atoms with Gasteiger partial charge in [-0.2, -0.15) is 0 Å². The van der Waals surface area contributed by atoms with Crippen molar-refractivity contribution in [1.82, 2.24) is 19.7 Å². The molecule has 2 N–H and O–H groups in total. The number of aromatic nitrogens is 1. The van der Waals surface area contributed by atoms with Crippen molar-refractivity contribution in [1.29, 1.82) is 0 Å². The highest BCUT2D eigenvalue weighted by Gasteiger charge is 2.59. The predicted molar refractivity (Wildman–Crippen MR) is 135 cm³/mol. The average Bonchev–Trinajstić information content (AvgIpc) is 3.07. The summed E-state index contributed by atoms with van der Waals surface area (Å²) in [4.78, 5) is 61.2. The van der Waals surface area contributed by atoms with Gasteiger partial charge < -0.3 is 20.3 Å². The Hall–Kier alpha value is -3.79. The Bertz CT molecular complexity index is 1170. The second-order valence-corrected chi connectivity index (χ2v) is 10.2. The maximum Gasteiger partial charge on any atom is 0.327 e. The molecule has 2 aliphatic heterocycles. The van der Waals surface area contributed by atoms with E-state index in [1.54, 1.807) is 37.1 Å². The zero-order chi connectivity index (χ0) is 26.8. The summed E-state index contributed by atoms with van der Waals surface area (Å²) >= 11 is 0. The van der Waals surface area contributed by atoms with E-state index in [1.807, 2.05) is 36.4 Å². The Morgan fingerprint density at radius 1 is 1.11 bits per heavy atom. The van der Waals surface area contributed by atoms with Crippen molar-refractivity contribution in [3.63, 3.8) is 0 Å². The van der Waals surface area contributed by atoms with E-state index in [0.29, 0.717) is 5.69 Å². The van der Waals surface area contributed by atoms with Crippen molar-refractivity contribution >= 4 is 23.8 Å². The van der Waals surface area contributed by atoms with Crippen LogP contribution in [0.25, 0.3) is 0 Å². The van der Waals surface area contributed by atoms with Gasteiger partial charge >= 0.3 is 6.03 Å². The van der Waals surface area contributed by atoms with Gasteiger partial charge in [0, 0.05) is 38.4 Å². The van der Waals surface area contributed by atoms with Crippen LogP contribution >= 0.6 is 0 Å². The number of nitrogens with two attached hydrogens (primary N) is 1. The lowest BCUT2D eigenvalue weighted by Crippen LogP contribution is -2.66. The van der Waals surface area contributed by atoms with E-state index < -0.39 is 28.8 Å². The highest BCUT2D eigenvalue weighted by Crippen LogP contribution is 2.36. The number of pyridine rings is 1. The highest BCUT2D eigenvalue weighted by molar-refractivity contribution is 6.07. The summed E-state index contributed by atoms with van der Waals surface area (Å²) in [5, 5.41) is 0. The van der Waals surface area contributed by atoms with Crippen molar-refractivity contribution in [2.24, 2.45) is 17.1 Å². The van der Waals surface area contributed by atoms with Crippen LogP contribution < -0.4 is 5.73 Å². The standard InChI is InChI=1S/C27H33N5O5/c1-26(2,23(28)34)21(17-37-16-19-9-5-4-6-10-19)22(33)31-13-14-32-25(36)30(3)24(35)27(32,18-31)15-20-11-7-8-12-29-20/h4-12,21H,13-18H2,1-3H3,(H2,28,34)/t21-,27+/m1/s1. The van der Waals surface area contributed by atoms with E-state index in [2.05, 4.69) is 4.98 Å². The summed E-state index contributed by atoms with van der Waals surface area (Å²) in [5.74, 6) is -2.22. The molecule has 2 saturated heterocycles. The van der Waals surface area contributed by atoms with Gasteiger partial charge in [0.25, 0.3) is 5.91 Å². The lowest BCUT2D eigenvalue weighted by molar-refractivity contribution is -0.153. The summed E-state index contributed by atoms with van der Waals surface area (Å²) in [6, 6.07) is 14.5. The molecule has 0 unspecified atom stereocenters. The quantitative estimate of drug-likeness (QED) is 0.512. The Labute approximate surface area is 216 Å². The van der Waals surface area contributed by atoms with Crippen LogP contribution in [0.3, 0.4) is 0 Å². The molecule has 2 atom stereocenters. The molecular formula is C27H33N5O5. The van der Waals surface area contributed by atoms with Crippen molar-refractivity contribution < 1.29 is 23.9 Å². The number of amides is 5. The fraction of sp³-hybridized carbons (Fsp3) is 0.444. The first-order chi connectivity index (χ1) is 17.6. The van der Waals surface area contributed by atoms with Gasteiger partial charge in [-0.25, -0.2) is 4.79 Å². The third-order valence-electron chi connectivity index (χ3n) is 7.49. The number of carbonyl (C=O) groups is 4. The molecule has 0 aliphatic carbocycles. The maximum absolute atomic E-state index is 13.9. The minimum absolute atomic E-state index is 0.0126. The monoisotopic (exact) mass is 507 g/mol. The van der Waals surface area contributed by atoms with Crippen molar-refractivity contribution in [3.8, 4) is 0 Å². The smallest absolute Gasteiger partial charge is 0.327 e. The molecular weight excluding hydrogens is 474 g/mol. The van der Waals surface area contributed by atoms with E-state index in [1.165, 1.54) is 11.9 Å². The highest BCUT2D eigenvalue weighted by atomic mass is 16.5. The lowest BCUT2D eigenvalue weighted by Gasteiger charge is -2.46. The number of hydrogen-bond acceptors (Lipinski definition) is 6. The number of urea groups is 1. The van der Waals surface area contributed by atoms with Crippen molar-refractivity contribution in [3.05, 3.63) is 66.0 Å². The number of ether oxygens (including phenoxy) is 1. The van der Waals surface area contributed by atoms with Crippen LogP contribution in [-0.2, 0) is 32.1 Å². The third-order valence-corrected chi connectivity index (χ3v) is 7.49. The fourth-order valence-corrected chi connectivity index (χ4v) is 5.02. The molecule has 1 aromatic heterocycles. The second kappa shape index (κ2) is 10.3. The van der Waals surface area contributed by atoms with E-state index >= 15 is 0 Å². The molecule has 4 rings (SSSR count). The fourth-order valence-electron chi connectivity index (χ4n) is 5.02. The molecule has 37 heavy (non-hydrogen) atoms. The first kappa shape index (κ1) is 26.3. The first-order valence-corrected chi connectivity index (χ1v) is 12.3. The molecule has 0 radical (unpaired) electrons. The van der Waals surface area contributed by atoms with E-state index in [4.69, 9.17) is 10.5 Å². The van der Waals surface area contributed by atoms with Crippen LogP contribution in [0.4, 0.5) is 4.79 Å². The Morgan fingerprint density at radius 2 is 1.81 bits per heavy atom. The van der Waals surface area contributed by atoms with Gasteiger partial charge in [0.2, 0.25) is 11.8 Å². The molecule has 0 spiro atoms. The minimum Gasteiger partial charge on any atom is -0.376 e. The van der Waals surface area contributed by atoms with Crippen LogP contribution in [0.15, 0.2) is 54.7 Å². The number of fused-ring (bicyclic) bond motifs is 1. The summed E-state index contributed by atoms with van der Waals surface area (Å²) in [7, 11) is 1.45. The first-order valence-electron chi connectivity index (χ1n) is 12.3. The number of piperazine rings is 1. The number of hydrogen-bond donors (Lipinski definition) is 1. The van der Waals surface area contributed by atoms with Crippen LogP contribution in [0, 0.1) is 11.3 Å². The SMILES string of the molecule is CN1C(=O)N2CCN(C(=O)[C@@H](COCc3ccccc3)C(C)(C)C(N)=O)C[C@@]2(Cc2ccccn2)C1=O. The molecule has 0 saturated carbocycles. The van der Waals surface area contributed by atoms with Crippen LogP contribution in [0.1, 0.15) is 25.1 Å². The molecule has 10 heteroatoms. The van der Waals surface area contributed by atoms with E-state index in [-0.39, 0.29) is 51.1 Å². The third kappa shape index (κ3) is 4.93. The number of rotatable bonds is 9. The number of nitrogens with zero attached hydrogens (tertiary/aromatic N) is 4. The normalized spacial score (nSPS) is 20.7. The van der Waals surface area contributed by atoms with Gasteiger partial charge in [-0.3, -0.25) is 24.3 Å². The molecule has 10 nitrogen and oxygen atoms in total. The predicted octanol–water partition coefficient (Wildman–Crippen LogP) is 1.44. The zero-order valence-electron chi connectivity index (χ0n) is 21.4. The molecule has 3 heterocycles. The number of imide groups is 1. The Kier molecular flexibility index (Phi) is 7.31. The number of primary amides is 1. The van der Waals surface area contributed by atoms with Gasteiger partial charge in [-0.15, -0.1) is 0 Å². The molecule has 1 aromatic carbocycles. The number of carbonyl (C=O) groups excluding carboxylic acids is 4. The minimum atomic E-state index is -1.28. The van der Waals surface area contributed by atoms with Crippen molar-refractivity contribution in [2.75, 3.05) is 33.3 Å². The summed E-state index contributed by atoms with van der Waals surface area (Å²) < 4.78 is 5.89. The van der Waals surface area contributed by atoms with Crippen LogP contribution in [0.2, 0.25) is 0 Å². The molecule has 2 fully saturated rings.